The molecule has 4 nitrogen and oxygen atoms in total. The van der Waals surface area contributed by atoms with Gasteiger partial charge in [0, 0.05) is 0 Å². The molecule has 0 saturated carbocycles. The SMILES string of the molecule is CC=C(C(=O)OCC)S(=O)[O-]. The van der Waals surface area contributed by atoms with Gasteiger partial charge in [-0.15, -0.1) is 0 Å². The molecule has 0 fully saturated rings. The van der Waals surface area contributed by atoms with Crippen LogP contribution in [0.5, 0.6) is 0 Å². The molecule has 0 aliphatic rings. The highest BCUT2D eigenvalue weighted by Crippen LogP contribution is 2.01. The van der Waals surface area contributed by atoms with Crippen LogP contribution < -0.4 is 0 Å². The van der Waals surface area contributed by atoms with Crippen LogP contribution in [0, 0.1) is 0 Å². The highest BCUT2D eigenvalue weighted by molar-refractivity contribution is 7.84. The van der Waals surface area contributed by atoms with Gasteiger partial charge in [-0.3, -0.25) is 4.21 Å². The quantitative estimate of drug-likeness (QED) is 0.354. The molecule has 0 aliphatic carbocycles. The Bertz CT molecular complexity index is 197. The highest BCUT2D eigenvalue weighted by atomic mass is 32.2. The van der Waals surface area contributed by atoms with E-state index < -0.39 is 17.0 Å². The number of allylic oxidation sites excluding steroid dienone is 1. The van der Waals surface area contributed by atoms with E-state index in [4.69, 9.17) is 0 Å². The van der Waals surface area contributed by atoms with Gasteiger partial charge in [-0.1, -0.05) is 6.08 Å². The number of carbonyl (C=O) groups excluding carboxylic acids is 1. The summed E-state index contributed by atoms with van der Waals surface area (Å²) in [5.41, 5.74) is 0. The fraction of sp³-hybridized carbons (Fsp3) is 0.500. The normalized spacial score (nSPS) is 14.3. The smallest absolute Gasteiger partial charge is 0.345 e. The van der Waals surface area contributed by atoms with Crippen molar-refractivity contribution in [2.24, 2.45) is 0 Å². The maximum atomic E-state index is 10.7. The first-order valence-electron chi connectivity index (χ1n) is 3.06. The third-order valence-corrected chi connectivity index (χ3v) is 1.68. The summed E-state index contributed by atoms with van der Waals surface area (Å²) in [7, 11) is 0. The molecule has 0 aliphatic heterocycles. The Morgan fingerprint density at radius 3 is 2.55 bits per heavy atom. The molecule has 1 atom stereocenters. The van der Waals surface area contributed by atoms with Crippen molar-refractivity contribution in [2.45, 2.75) is 13.8 Å². The van der Waals surface area contributed by atoms with Crippen LogP contribution in [0.25, 0.3) is 0 Å². The van der Waals surface area contributed by atoms with Gasteiger partial charge in [0.15, 0.2) is 0 Å². The van der Waals surface area contributed by atoms with E-state index in [2.05, 4.69) is 4.74 Å². The molecule has 0 rings (SSSR count). The Morgan fingerprint density at radius 1 is 1.73 bits per heavy atom. The maximum absolute atomic E-state index is 10.7. The summed E-state index contributed by atoms with van der Waals surface area (Å²) in [5.74, 6) is -0.802. The standard InChI is InChI=1S/C6H10O4S/c1-3-5(11(8)9)6(7)10-4-2/h3H,4H2,1-2H3,(H,8,9)/p-1. The monoisotopic (exact) mass is 177 g/mol. The van der Waals surface area contributed by atoms with Crippen molar-refractivity contribution in [3.8, 4) is 0 Å². The van der Waals surface area contributed by atoms with E-state index >= 15 is 0 Å². The maximum Gasteiger partial charge on any atom is 0.345 e. The number of carbonyl (C=O) groups is 1. The van der Waals surface area contributed by atoms with Gasteiger partial charge in [-0.2, -0.15) is 0 Å². The summed E-state index contributed by atoms with van der Waals surface area (Å²) in [6.07, 6.45) is 1.20. The molecule has 5 heteroatoms. The lowest BCUT2D eigenvalue weighted by Crippen LogP contribution is -2.11. The van der Waals surface area contributed by atoms with Gasteiger partial charge in [0.05, 0.1) is 6.61 Å². The van der Waals surface area contributed by atoms with Crippen molar-refractivity contribution < 1.29 is 18.3 Å². The average Bonchev–Trinajstić information content (AvgIpc) is 1.88. The number of rotatable bonds is 3. The van der Waals surface area contributed by atoms with Crippen LogP contribution in [-0.4, -0.2) is 21.3 Å². The molecule has 0 spiro atoms. The molecule has 0 N–H and O–H groups in total. The Balaban J connectivity index is 4.29. The van der Waals surface area contributed by atoms with Gasteiger partial charge in [0.1, 0.15) is 4.91 Å². The molecule has 0 aromatic carbocycles. The lowest BCUT2D eigenvalue weighted by Gasteiger charge is -2.07. The van der Waals surface area contributed by atoms with Gasteiger partial charge in [0.25, 0.3) is 0 Å². The lowest BCUT2D eigenvalue weighted by atomic mass is 10.5. The van der Waals surface area contributed by atoms with E-state index in [1.165, 1.54) is 13.0 Å². The number of esters is 1. The fourth-order valence-electron chi connectivity index (χ4n) is 0.484. The number of hydrogen-bond acceptors (Lipinski definition) is 4. The number of hydrogen-bond donors (Lipinski definition) is 0. The van der Waals surface area contributed by atoms with Crippen molar-refractivity contribution in [2.75, 3.05) is 6.61 Å². The summed E-state index contributed by atoms with van der Waals surface area (Å²) in [4.78, 5) is 10.4. The van der Waals surface area contributed by atoms with Crippen molar-refractivity contribution in [3.05, 3.63) is 11.0 Å². The molecule has 0 aromatic rings. The average molecular weight is 177 g/mol. The second-order valence-electron chi connectivity index (χ2n) is 1.61. The fourth-order valence-corrected chi connectivity index (χ4v) is 0.872. The molecule has 0 bridgehead atoms. The van der Waals surface area contributed by atoms with Gasteiger partial charge in [-0.25, -0.2) is 4.79 Å². The Labute approximate surface area is 67.5 Å². The second-order valence-corrected chi connectivity index (χ2v) is 2.52. The van der Waals surface area contributed by atoms with Gasteiger partial charge < -0.3 is 9.29 Å². The van der Waals surface area contributed by atoms with Gasteiger partial charge in [-0.05, 0) is 24.9 Å². The topological polar surface area (TPSA) is 66.4 Å². The highest BCUT2D eigenvalue weighted by Gasteiger charge is 2.08. The summed E-state index contributed by atoms with van der Waals surface area (Å²) in [6.45, 7) is 3.24. The van der Waals surface area contributed by atoms with Crippen LogP contribution in [0.3, 0.4) is 0 Å². The van der Waals surface area contributed by atoms with Crippen LogP contribution in [0.2, 0.25) is 0 Å². The molecule has 64 valence electrons. The third kappa shape index (κ3) is 3.29. The van der Waals surface area contributed by atoms with Gasteiger partial charge in [0.2, 0.25) is 0 Å². The minimum Gasteiger partial charge on any atom is -0.768 e. The minimum absolute atomic E-state index is 0.174. The molecular weight excluding hydrogens is 168 g/mol. The summed E-state index contributed by atoms with van der Waals surface area (Å²) in [5, 5.41) is 0. The Kier molecular flexibility index (Phi) is 4.72. The Hall–Kier alpha value is -0.680. The van der Waals surface area contributed by atoms with E-state index in [0.29, 0.717) is 0 Å². The van der Waals surface area contributed by atoms with E-state index in [0.717, 1.165) is 0 Å². The third-order valence-electron chi connectivity index (χ3n) is 0.918. The summed E-state index contributed by atoms with van der Waals surface area (Å²) in [6, 6.07) is 0. The summed E-state index contributed by atoms with van der Waals surface area (Å²) >= 11 is -2.50. The predicted molar refractivity (Wildman–Crippen MR) is 39.3 cm³/mol. The van der Waals surface area contributed by atoms with Crippen molar-refractivity contribution in [1.29, 1.82) is 0 Å². The molecule has 1 unspecified atom stereocenters. The van der Waals surface area contributed by atoms with Crippen LogP contribution in [-0.2, 0) is 20.6 Å². The van der Waals surface area contributed by atoms with E-state index in [1.54, 1.807) is 6.92 Å². The molecule has 11 heavy (non-hydrogen) atoms. The zero-order chi connectivity index (χ0) is 8.85. The largest absolute Gasteiger partial charge is 0.768 e. The van der Waals surface area contributed by atoms with Crippen molar-refractivity contribution >= 4 is 17.0 Å². The van der Waals surface area contributed by atoms with Crippen LogP contribution in [0.15, 0.2) is 11.0 Å². The van der Waals surface area contributed by atoms with Gasteiger partial charge >= 0.3 is 5.97 Å². The number of ether oxygens (including phenoxy) is 1. The zero-order valence-electron chi connectivity index (χ0n) is 6.33. The van der Waals surface area contributed by atoms with E-state index in [1.807, 2.05) is 0 Å². The second kappa shape index (κ2) is 5.03. The molecule has 0 heterocycles. The van der Waals surface area contributed by atoms with E-state index in [9.17, 15) is 13.6 Å². The molecule has 0 amide bonds. The van der Waals surface area contributed by atoms with Crippen molar-refractivity contribution in [1.82, 2.24) is 0 Å². The molecular formula is C6H9O4S-. The first kappa shape index (κ1) is 10.3. The summed E-state index contributed by atoms with van der Waals surface area (Å²) < 4.78 is 25.0. The molecule has 0 radical (unpaired) electrons. The van der Waals surface area contributed by atoms with Crippen LogP contribution >= 0.6 is 0 Å². The molecule has 0 aromatic heterocycles. The Morgan fingerprint density at radius 2 is 2.27 bits per heavy atom. The predicted octanol–water partition coefficient (Wildman–Crippen LogP) is 0.332. The first-order chi connectivity index (χ1) is 5.13. The first-order valence-corrected chi connectivity index (χ1v) is 4.13. The lowest BCUT2D eigenvalue weighted by molar-refractivity contribution is -0.137. The van der Waals surface area contributed by atoms with Crippen LogP contribution in [0.4, 0.5) is 0 Å². The van der Waals surface area contributed by atoms with Crippen LogP contribution in [0.1, 0.15) is 13.8 Å². The van der Waals surface area contributed by atoms with Crippen molar-refractivity contribution in [3.63, 3.8) is 0 Å². The van der Waals surface area contributed by atoms with E-state index in [-0.39, 0.29) is 11.5 Å². The zero-order valence-corrected chi connectivity index (χ0v) is 7.14. The molecule has 0 saturated heterocycles. The minimum atomic E-state index is -2.50.